The van der Waals surface area contributed by atoms with E-state index in [1.165, 1.54) is 13.2 Å². The van der Waals surface area contributed by atoms with E-state index in [-0.39, 0.29) is 17.4 Å². The van der Waals surface area contributed by atoms with Gasteiger partial charge in [0.15, 0.2) is 11.5 Å². The van der Waals surface area contributed by atoms with Gasteiger partial charge in [-0.25, -0.2) is 4.79 Å². The number of aromatic hydroxyl groups is 1. The van der Waals surface area contributed by atoms with Gasteiger partial charge >= 0.3 is 6.03 Å². The van der Waals surface area contributed by atoms with Gasteiger partial charge in [0.25, 0.3) is 5.91 Å². The molecule has 1 aliphatic rings. The van der Waals surface area contributed by atoms with Crippen LogP contribution in [0, 0.1) is 6.92 Å². The molecule has 1 heterocycles. The summed E-state index contributed by atoms with van der Waals surface area (Å²) in [7, 11) is 1.44. The maximum Gasteiger partial charge on any atom is 0.319 e. The Morgan fingerprint density at radius 2 is 1.96 bits per heavy atom. The van der Waals surface area contributed by atoms with Crippen LogP contribution in [0.15, 0.2) is 53.7 Å². The summed E-state index contributed by atoms with van der Waals surface area (Å²) < 4.78 is 5.14. The molecule has 0 saturated heterocycles. The highest BCUT2D eigenvalue weighted by Gasteiger charge is 2.31. The summed E-state index contributed by atoms with van der Waals surface area (Å²) in [5.74, 6) is -0.0907. The Bertz CT molecular complexity index is 937. The second-order valence-corrected chi connectivity index (χ2v) is 6.33. The Labute approximate surface area is 157 Å². The van der Waals surface area contributed by atoms with Crippen LogP contribution < -0.4 is 20.7 Å². The Morgan fingerprint density at radius 1 is 1.19 bits per heavy atom. The normalized spacial score (nSPS) is 16.4. The van der Waals surface area contributed by atoms with Crippen molar-refractivity contribution in [2.75, 3.05) is 12.4 Å². The average molecular weight is 367 g/mol. The van der Waals surface area contributed by atoms with Crippen LogP contribution in [0.25, 0.3) is 0 Å². The SMILES string of the molecule is COc1cc([C@@H]2NC(=O)NC(C)=C2C(=O)Nc2cccc(C)c2)ccc1O. The molecule has 0 spiro atoms. The zero-order valence-electron chi connectivity index (χ0n) is 15.3. The molecular formula is C20H21N3O4. The van der Waals surface area contributed by atoms with Crippen LogP contribution in [-0.2, 0) is 4.79 Å². The van der Waals surface area contributed by atoms with Crippen LogP contribution in [-0.4, -0.2) is 24.2 Å². The lowest BCUT2D eigenvalue weighted by Gasteiger charge is -2.29. The Morgan fingerprint density at radius 3 is 2.67 bits per heavy atom. The van der Waals surface area contributed by atoms with E-state index in [1.807, 2.05) is 25.1 Å². The van der Waals surface area contributed by atoms with Gasteiger partial charge in [0.1, 0.15) is 0 Å². The fourth-order valence-electron chi connectivity index (χ4n) is 3.04. The van der Waals surface area contributed by atoms with E-state index in [0.29, 0.717) is 22.5 Å². The molecule has 7 nitrogen and oxygen atoms in total. The number of methoxy groups -OCH3 is 1. The summed E-state index contributed by atoms with van der Waals surface area (Å²) in [6, 6.07) is 11.1. The number of phenols is 1. The minimum absolute atomic E-state index is 0.0204. The number of hydrogen-bond donors (Lipinski definition) is 4. The first kappa shape index (κ1) is 18.3. The number of nitrogens with one attached hydrogen (secondary N) is 3. The molecular weight excluding hydrogens is 346 g/mol. The molecule has 0 bridgehead atoms. The first-order chi connectivity index (χ1) is 12.9. The number of anilines is 1. The molecule has 2 aromatic carbocycles. The number of urea groups is 1. The molecule has 2 aromatic rings. The zero-order chi connectivity index (χ0) is 19.6. The van der Waals surface area contributed by atoms with Crippen LogP contribution in [0.4, 0.5) is 10.5 Å². The highest BCUT2D eigenvalue weighted by atomic mass is 16.5. The van der Waals surface area contributed by atoms with Gasteiger partial charge in [-0.05, 0) is 49.2 Å². The number of ether oxygens (including phenoxy) is 1. The van der Waals surface area contributed by atoms with Crippen molar-refractivity contribution in [2.45, 2.75) is 19.9 Å². The van der Waals surface area contributed by atoms with E-state index >= 15 is 0 Å². The monoisotopic (exact) mass is 367 g/mol. The number of rotatable bonds is 4. The second-order valence-electron chi connectivity index (χ2n) is 6.33. The lowest BCUT2D eigenvalue weighted by Crippen LogP contribution is -2.45. The third kappa shape index (κ3) is 3.87. The summed E-state index contributed by atoms with van der Waals surface area (Å²) in [4.78, 5) is 24.9. The Hall–Kier alpha value is -3.48. The van der Waals surface area contributed by atoms with Crippen molar-refractivity contribution < 1.29 is 19.4 Å². The Balaban J connectivity index is 1.98. The summed E-state index contributed by atoms with van der Waals surface area (Å²) >= 11 is 0. The first-order valence-electron chi connectivity index (χ1n) is 8.42. The largest absolute Gasteiger partial charge is 0.504 e. The van der Waals surface area contributed by atoms with Gasteiger partial charge in [-0.3, -0.25) is 4.79 Å². The molecule has 1 atom stereocenters. The van der Waals surface area contributed by atoms with Crippen LogP contribution in [0.1, 0.15) is 24.1 Å². The summed E-state index contributed by atoms with van der Waals surface area (Å²) in [6.07, 6.45) is 0. The topological polar surface area (TPSA) is 99.7 Å². The summed E-state index contributed by atoms with van der Waals surface area (Å²) in [5.41, 5.74) is 3.14. The number of hydrogen-bond acceptors (Lipinski definition) is 4. The van der Waals surface area contributed by atoms with Gasteiger partial charge in [0.05, 0.1) is 18.7 Å². The molecule has 0 aliphatic carbocycles. The van der Waals surface area contributed by atoms with Gasteiger partial charge < -0.3 is 25.8 Å². The highest BCUT2D eigenvalue weighted by molar-refractivity contribution is 6.06. The maximum atomic E-state index is 13.0. The van der Waals surface area contributed by atoms with Crippen molar-refractivity contribution in [2.24, 2.45) is 0 Å². The number of amides is 3. The third-order valence-corrected chi connectivity index (χ3v) is 4.33. The van der Waals surface area contributed by atoms with Crippen LogP contribution in [0.5, 0.6) is 11.5 Å². The predicted molar refractivity (Wildman–Crippen MR) is 102 cm³/mol. The quantitative estimate of drug-likeness (QED) is 0.667. The van der Waals surface area contributed by atoms with Crippen molar-refractivity contribution >= 4 is 17.6 Å². The molecule has 4 N–H and O–H groups in total. The molecule has 0 unspecified atom stereocenters. The van der Waals surface area contributed by atoms with E-state index in [4.69, 9.17) is 4.74 Å². The molecule has 0 saturated carbocycles. The van der Waals surface area contributed by atoms with Gasteiger partial charge in [-0.15, -0.1) is 0 Å². The lowest BCUT2D eigenvalue weighted by atomic mass is 9.94. The molecule has 3 amide bonds. The summed E-state index contributed by atoms with van der Waals surface area (Å²) in [6.45, 7) is 3.61. The molecule has 0 radical (unpaired) electrons. The van der Waals surface area contributed by atoms with Crippen molar-refractivity contribution in [3.63, 3.8) is 0 Å². The number of benzene rings is 2. The predicted octanol–water partition coefficient (Wildman–Crippen LogP) is 2.98. The average Bonchev–Trinajstić information content (AvgIpc) is 2.61. The molecule has 3 rings (SSSR count). The van der Waals surface area contributed by atoms with E-state index in [9.17, 15) is 14.7 Å². The molecule has 7 heteroatoms. The van der Waals surface area contributed by atoms with Gasteiger partial charge in [0.2, 0.25) is 0 Å². The number of carbonyl (C=O) groups is 2. The maximum absolute atomic E-state index is 13.0. The van der Waals surface area contributed by atoms with Gasteiger partial charge in [0, 0.05) is 11.4 Å². The standard InChI is InChI=1S/C20H21N3O4/c1-11-5-4-6-14(9-11)22-19(25)17-12(2)21-20(26)23-18(17)13-7-8-15(24)16(10-13)27-3/h4-10,18,24H,1-3H3,(H,22,25)(H2,21,23,26)/t18-/m0/s1. The Kier molecular flexibility index (Phi) is 5.03. The van der Waals surface area contributed by atoms with Gasteiger partial charge in [-0.2, -0.15) is 0 Å². The van der Waals surface area contributed by atoms with E-state index in [1.54, 1.807) is 25.1 Å². The first-order valence-corrected chi connectivity index (χ1v) is 8.42. The lowest BCUT2D eigenvalue weighted by molar-refractivity contribution is -0.113. The number of phenolic OH excluding ortho intramolecular Hbond substituents is 1. The molecule has 27 heavy (non-hydrogen) atoms. The molecule has 0 fully saturated rings. The molecule has 1 aliphatic heterocycles. The van der Waals surface area contributed by atoms with Gasteiger partial charge in [-0.1, -0.05) is 18.2 Å². The van der Waals surface area contributed by atoms with Crippen molar-refractivity contribution in [1.29, 1.82) is 0 Å². The minimum Gasteiger partial charge on any atom is -0.504 e. The van der Waals surface area contributed by atoms with Crippen molar-refractivity contribution in [3.8, 4) is 11.5 Å². The smallest absolute Gasteiger partial charge is 0.319 e. The summed E-state index contributed by atoms with van der Waals surface area (Å²) in [5, 5.41) is 18.1. The van der Waals surface area contributed by atoms with Crippen molar-refractivity contribution in [1.82, 2.24) is 10.6 Å². The fourth-order valence-corrected chi connectivity index (χ4v) is 3.04. The fraction of sp³-hybridized carbons (Fsp3) is 0.200. The highest BCUT2D eigenvalue weighted by Crippen LogP contribution is 2.33. The number of carbonyl (C=O) groups excluding carboxylic acids is 2. The number of allylic oxidation sites excluding steroid dienone is 1. The minimum atomic E-state index is -0.682. The number of aryl methyl sites for hydroxylation is 1. The third-order valence-electron chi connectivity index (χ3n) is 4.33. The van der Waals surface area contributed by atoms with Crippen LogP contribution in [0.2, 0.25) is 0 Å². The molecule has 140 valence electrons. The molecule has 0 aromatic heterocycles. The second kappa shape index (κ2) is 7.41. The van der Waals surface area contributed by atoms with Crippen LogP contribution in [0.3, 0.4) is 0 Å². The van der Waals surface area contributed by atoms with Crippen molar-refractivity contribution in [3.05, 3.63) is 64.9 Å². The van der Waals surface area contributed by atoms with E-state index in [2.05, 4.69) is 16.0 Å². The van der Waals surface area contributed by atoms with E-state index in [0.717, 1.165) is 5.56 Å². The van der Waals surface area contributed by atoms with E-state index < -0.39 is 12.1 Å². The van der Waals surface area contributed by atoms with Crippen LogP contribution >= 0.6 is 0 Å². The zero-order valence-corrected chi connectivity index (χ0v) is 15.3.